The van der Waals surface area contributed by atoms with Gasteiger partial charge in [-0.2, -0.15) is 0 Å². The molecule has 5 N–H and O–H groups in total. The summed E-state index contributed by atoms with van der Waals surface area (Å²) in [5.74, 6) is -3.62. The van der Waals surface area contributed by atoms with Gasteiger partial charge in [0.25, 0.3) is 5.91 Å². The summed E-state index contributed by atoms with van der Waals surface area (Å²) in [5, 5.41) is 17.9. The van der Waals surface area contributed by atoms with Crippen LogP contribution in [0.5, 0.6) is 0 Å². The number of nitrogens with one attached hydrogen (secondary N) is 4. The van der Waals surface area contributed by atoms with Crippen molar-refractivity contribution in [3.05, 3.63) is 0 Å². The molecule has 0 aliphatic rings. The normalized spacial score (nSPS) is 12.7. The average molecular weight is 344 g/mol. The van der Waals surface area contributed by atoms with Gasteiger partial charge in [0.05, 0.1) is 0 Å². The van der Waals surface area contributed by atoms with E-state index in [-0.39, 0.29) is 12.8 Å². The molecule has 4 amide bonds. The Bertz CT molecular complexity index is 489. The average Bonchev–Trinajstić information content (AvgIpc) is 2.53. The van der Waals surface area contributed by atoms with E-state index in [1.165, 1.54) is 13.8 Å². The number of hydrogen-bond acceptors (Lipinski definition) is 5. The molecule has 0 aromatic rings. The SMILES string of the molecule is CCC(=O)NC(NC(=O)CC)C(=O)N[C@@H](C)C(=O)N[C@@H](C)C(=O)O. The molecule has 24 heavy (non-hydrogen) atoms. The van der Waals surface area contributed by atoms with Gasteiger partial charge in [-0.1, -0.05) is 13.8 Å². The van der Waals surface area contributed by atoms with Gasteiger partial charge in [0, 0.05) is 12.8 Å². The fourth-order valence-corrected chi connectivity index (χ4v) is 1.46. The van der Waals surface area contributed by atoms with Crippen molar-refractivity contribution < 1.29 is 29.1 Å². The Morgan fingerprint density at radius 2 is 1.17 bits per heavy atom. The lowest BCUT2D eigenvalue weighted by atomic mass is 10.2. The van der Waals surface area contributed by atoms with Gasteiger partial charge >= 0.3 is 5.97 Å². The Hall–Kier alpha value is -2.65. The topological polar surface area (TPSA) is 154 Å². The molecule has 0 saturated carbocycles. The Kier molecular flexibility index (Phi) is 9.06. The summed E-state index contributed by atoms with van der Waals surface area (Å²) in [4.78, 5) is 57.6. The maximum absolute atomic E-state index is 12.1. The van der Waals surface area contributed by atoms with Crippen molar-refractivity contribution in [3.8, 4) is 0 Å². The van der Waals surface area contributed by atoms with Gasteiger partial charge in [-0.05, 0) is 13.8 Å². The molecule has 0 aliphatic carbocycles. The number of amides is 4. The molecule has 136 valence electrons. The number of carbonyl (C=O) groups excluding carboxylic acids is 4. The Morgan fingerprint density at radius 3 is 1.54 bits per heavy atom. The van der Waals surface area contributed by atoms with Crippen LogP contribution in [0.1, 0.15) is 40.5 Å². The summed E-state index contributed by atoms with van der Waals surface area (Å²) >= 11 is 0. The van der Waals surface area contributed by atoms with Crippen molar-refractivity contribution in [2.45, 2.75) is 58.8 Å². The van der Waals surface area contributed by atoms with E-state index < -0.39 is 47.8 Å². The van der Waals surface area contributed by atoms with E-state index in [0.717, 1.165) is 0 Å². The first-order chi connectivity index (χ1) is 11.1. The third kappa shape index (κ3) is 7.56. The van der Waals surface area contributed by atoms with Crippen LogP contribution in [0.3, 0.4) is 0 Å². The number of carboxylic acids is 1. The Morgan fingerprint density at radius 1 is 0.750 bits per heavy atom. The predicted octanol–water partition coefficient (Wildman–Crippen LogP) is -1.54. The van der Waals surface area contributed by atoms with E-state index >= 15 is 0 Å². The third-order valence-electron chi connectivity index (χ3n) is 3.00. The van der Waals surface area contributed by atoms with E-state index in [2.05, 4.69) is 21.3 Å². The summed E-state index contributed by atoms with van der Waals surface area (Å²) in [5.41, 5.74) is 0. The quantitative estimate of drug-likeness (QED) is 0.319. The van der Waals surface area contributed by atoms with Gasteiger partial charge in [-0.3, -0.25) is 24.0 Å². The van der Waals surface area contributed by atoms with Crippen LogP contribution in [-0.4, -0.2) is 53.0 Å². The van der Waals surface area contributed by atoms with Crippen molar-refractivity contribution in [2.75, 3.05) is 0 Å². The van der Waals surface area contributed by atoms with Crippen molar-refractivity contribution in [2.24, 2.45) is 0 Å². The number of rotatable bonds is 9. The molecule has 0 aromatic heterocycles. The smallest absolute Gasteiger partial charge is 0.325 e. The summed E-state index contributed by atoms with van der Waals surface area (Å²) in [6.45, 7) is 5.78. The highest BCUT2D eigenvalue weighted by Crippen LogP contribution is 1.91. The number of carboxylic acid groups (broad SMARTS) is 1. The largest absolute Gasteiger partial charge is 0.480 e. The zero-order valence-electron chi connectivity index (χ0n) is 14.1. The second kappa shape index (κ2) is 10.2. The lowest BCUT2D eigenvalue weighted by Gasteiger charge is -2.22. The highest BCUT2D eigenvalue weighted by molar-refractivity contribution is 5.94. The summed E-state index contributed by atoms with van der Waals surface area (Å²) in [7, 11) is 0. The molecular weight excluding hydrogens is 320 g/mol. The molecule has 0 aliphatic heterocycles. The van der Waals surface area contributed by atoms with E-state index in [0.29, 0.717) is 0 Å². The van der Waals surface area contributed by atoms with Crippen LogP contribution in [-0.2, 0) is 24.0 Å². The standard InChI is InChI=1S/C14H24N4O6/c1-5-9(19)17-11(18-10(20)6-2)13(22)15-7(3)12(21)16-8(4)14(23)24/h7-8,11H,5-6H2,1-4H3,(H,15,22)(H,16,21)(H,17,19)(H,18,20)(H,23,24)/t7-,8-/m0/s1. The number of carbonyl (C=O) groups is 5. The minimum atomic E-state index is -1.32. The minimum absolute atomic E-state index is 0.109. The molecule has 0 unspecified atom stereocenters. The molecule has 0 fully saturated rings. The van der Waals surface area contributed by atoms with Crippen LogP contribution in [0.25, 0.3) is 0 Å². The molecule has 0 saturated heterocycles. The lowest BCUT2D eigenvalue weighted by Crippen LogP contribution is -2.59. The van der Waals surface area contributed by atoms with Crippen molar-refractivity contribution in [3.63, 3.8) is 0 Å². The molecule has 0 bridgehead atoms. The molecule has 0 aromatic carbocycles. The molecule has 0 heterocycles. The fourth-order valence-electron chi connectivity index (χ4n) is 1.46. The van der Waals surface area contributed by atoms with Crippen LogP contribution >= 0.6 is 0 Å². The molecule has 10 heteroatoms. The molecule has 10 nitrogen and oxygen atoms in total. The van der Waals surface area contributed by atoms with Crippen LogP contribution in [0.15, 0.2) is 0 Å². The van der Waals surface area contributed by atoms with Gasteiger partial charge in [0.2, 0.25) is 17.7 Å². The second-order valence-electron chi connectivity index (χ2n) is 5.07. The summed E-state index contributed by atoms with van der Waals surface area (Å²) in [6, 6.07) is -2.17. The molecular formula is C14H24N4O6. The van der Waals surface area contributed by atoms with Crippen molar-refractivity contribution in [1.29, 1.82) is 0 Å². The van der Waals surface area contributed by atoms with E-state index in [4.69, 9.17) is 5.11 Å². The maximum atomic E-state index is 12.1. The molecule has 2 atom stereocenters. The van der Waals surface area contributed by atoms with Crippen LogP contribution in [0, 0.1) is 0 Å². The minimum Gasteiger partial charge on any atom is -0.480 e. The third-order valence-corrected chi connectivity index (χ3v) is 3.00. The fraction of sp³-hybridized carbons (Fsp3) is 0.643. The second-order valence-corrected chi connectivity index (χ2v) is 5.07. The monoisotopic (exact) mass is 344 g/mol. The highest BCUT2D eigenvalue weighted by Gasteiger charge is 2.26. The van der Waals surface area contributed by atoms with E-state index in [1.807, 2.05) is 0 Å². The van der Waals surface area contributed by atoms with Gasteiger partial charge in [-0.15, -0.1) is 0 Å². The van der Waals surface area contributed by atoms with Crippen LogP contribution in [0.4, 0.5) is 0 Å². The van der Waals surface area contributed by atoms with E-state index in [9.17, 15) is 24.0 Å². The van der Waals surface area contributed by atoms with Gasteiger partial charge < -0.3 is 26.4 Å². The first-order valence-electron chi connectivity index (χ1n) is 7.54. The summed E-state index contributed by atoms with van der Waals surface area (Å²) < 4.78 is 0. The lowest BCUT2D eigenvalue weighted by molar-refractivity contribution is -0.141. The number of hydrogen-bond donors (Lipinski definition) is 5. The van der Waals surface area contributed by atoms with E-state index in [1.54, 1.807) is 13.8 Å². The van der Waals surface area contributed by atoms with Gasteiger partial charge in [-0.25, -0.2) is 0 Å². The predicted molar refractivity (Wildman–Crippen MR) is 83.5 cm³/mol. The van der Waals surface area contributed by atoms with Crippen molar-refractivity contribution in [1.82, 2.24) is 21.3 Å². The molecule has 0 radical (unpaired) electrons. The summed E-state index contributed by atoms with van der Waals surface area (Å²) in [6.07, 6.45) is -1.10. The molecule has 0 rings (SSSR count). The highest BCUT2D eigenvalue weighted by atomic mass is 16.4. The van der Waals surface area contributed by atoms with Gasteiger partial charge in [0.1, 0.15) is 12.1 Å². The Labute approximate surface area is 139 Å². The number of aliphatic carboxylic acids is 1. The van der Waals surface area contributed by atoms with Gasteiger partial charge in [0.15, 0.2) is 6.17 Å². The zero-order valence-corrected chi connectivity index (χ0v) is 14.1. The first kappa shape index (κ1) is 21.4. The van der Waals surface area contributed by atoms with Crippen LogP contribution in [0.2, 0.25) is 0 Å². The van der Waals surface area contributed by atoms with Crippen LogP contribution < -0.4 is 21.3 Å². The van der Waals surface area contributed by atoms with Crippen molar-refractivity contribution >= 4 is 29.6 Å². The maximum Gasteiger partial charge on any atom is 0.325 e. The molecule has 0 spiro atoms. The zero-order chi connectivity index (χ0) is 18.9. The first-order valence-corrected chi connectivity index (χ1v) is 7.54. The Balaban J connectivity index is 4.83.